The molecule has 3 rings (SSSR count). The van der Waals surface area contributed by atoms with Crippen molar-refractivity contribution in [3.8, 4) is 11.3 Å². The number of hydrogen-bond acceptors (Lipinski definition) is 4. The number of rotatable bonds is 3. The van der Waals surface area contributed by atoms with Gasteiger partial charge in [-0.15, -0.1) is 0 Å². The minimum atomic E-state index is -0.175. The molecular formula is C13H13N5O. The maximum absolute atomic E-state index is 11.8. The van der Waals surface area contributed by atoms with Crippen molar-refractivity contribution in [2.24, 2.45) is 0 Å². The number of nitrogens with one attached hydrogen (secondary N) is 3. The first-order valence-corrected chi connectivity index (χ1v) is 5.94. The molecule has 0 saturated heterocycles. The van der Waals surface area contributed by atoms with Crippen LogP contribution in [0, 0.1) is 0 Å². The zero-order chi connectivity index (χ0) is 13.2. The molecule has 2 aromatic heterocycles. The van der Waals surface area contributed by atoms with Crippen molar-refractivity contribution < 1.29 is 0 Å². The normalized spacial score (nSPS) is 11.0. The third kappa shape index (κ3) is 2.02. The molecule has 96 valence electrons. The lowest BCUT2D eigenvalue weighted by Gasteiger charge is -2.06. The van der Waals surface area contributed by atoms with Crippen LogP contribution >= 0.6 is 0 Å². The van der Waals surface area contributed by atoms with Crippen LogP contribution in [-0.2, 0) is 6.54 Å². The quantitative estimate of drug-likeness (QED) is 0.652. The van der Waals surface area contributed by atoms with Crippen molar-refractivity contribution in [1.82, 2.24) is 25.5 Å². The van der Waals surface area contributed by atoms with E-state index in [2.05, 4.69) is 25.5 Å². The van der Waals surface area contributed by atoms with Crippen LogP contribution < -0.4 is 10.9 Å². The highest BCUT2D eigenvalue weighted by Crippen LogP contribution is 2.22. The number of H-pyrrole nitrogens is 2. The number of benzene rings is 1. The van der Waals surface area contributed by atoms with Crippen LogP contribution in [0.15, 0.2) is 35.5 Å². The largest absolute Gasteiger partial charge is 0.345 e. The van der Waals surface area contributed by atoms with Crippen molar-refractivity contribution in [1.29, 1.82) is 0 Å². The molecule has 6 heteroatoms. The molecule has 0 radical (unpaired) electrons. The van der Waals surface area contributed by atoms with E-state index < -0.39 is 0 Å². The Morgan fingerprint density at radius 1 is 1.32 bits per heavy atom. The smallest absolute Gasteiger partial charge is 0.272 e. The van der Waals surface area contributed by atoms with Gasteiger partial charge in [-0.1, -0.05) is 6.07 Å². The highest BCUT2D eigenvalue weighted by Gasteiger charge is 2.08. The summed E-state index contributed by atoms with van der Waals surface area (Å²) in [7, 11) is 1.84. The Hall–Kier alpha value is -2.47. The van der Waals surface area contributed by atoms with Gasteiger partial charge >= 0.3 is 0 Å². The summed E-state index contributed by atoms with van der Waals surface area (Å²) < 4.78 is 0. The maximum Gasteiger partial charge on any atom is 0.272 e. The summed E-state index contributed by atoms with van der Waals surface area (Å²) >= 11 is 0. The number of fused-ring (bicyclic) bond motifs is 1. The molecule has 3 N–H and O–H groups in total. The topological polar surface area (TPSA) is 86.5 Å². The molecule has 1 aromatic carbocycles. The Balaban J connectivity index is 2.26. The predicted molar refractivity (Wildman–Crippen MR) is 72.7 cm³/mol. The number of hydrogen-bond donors (Lipinski definition) is 3. The Morgan fingerprint density at radius 3 is 2.95 bits per heavy atom. The molecule has 19 heavy (non-hydrogen) atoms. The predicted octanol–water partition coefficient (Wildman–Crippen LogP) is 1.03. The first-order chi connectivity index (χ1) is 9.29. The third-order valence-electron chi connectivity index (χ3n) is 3.02. The lowest BCUT2D eigenvalue weighted by Crippen LogP contribution is -2.15. The molecule has 3 aromatic rings. The van der Waals surface area contributed by atoms with Gasteiger partial charge < -0.3 is 10.3 Å². The zero-order valence-corrected chi connectivity index (χ0v) is 10.4. The fraction of sp³-hybridized carbons (Fsp3) is 0.154. The molecular weight excluding hydrogens is 242 g/mol. The van der Waals surface area contributed by atoms with Crippen molar-refractivity contribution in [2.75, 3.05) is 7.05 Å². The summed E-state index contributed by atoms with van der Waals surface area (Å²) in [5.41, 5.74) is 2.54. The van der Waals surface area contributed by atoms with Crippen molar-refractivity contribution >= 4 is 10.8 Å². The third-order valence-corrected chi connectivity index (χ3v) is 3.02. The van der Waals surface area contributed by atoms with Gasteiger partial charge in [-0.2, -0.15) is 5.10 Å². The van der Waals surface area contributed by atoms with E-state index in [1.807, 2.05) is 25.2 Å². The van der Waals surface area contributed by atoms with E-state index in [1.165, 1.54) is 0 Å². The van der Waals surface area contributed by atoms with Gasteiger partial charge in [0.2, 0.25) is 0 Å². The Morgan fingerprint density at radius 2 is 2.21 bits per heavy atom. The van der Waals surface area contributed by atoms with Crippen LogP contribution in [0.5, 0.6) is 0 Å². The molecule has 0 saturated carbocycles. The second-order valence-corrected chi connectivity index (χ2v) is 4.26. The van der Waals surface area contributed by atoms with Gasteiger partial charge in [0.15, 0.2) is 0 Å². The summed E-state index contributed by atoms with van der Waals surface area (Å²) in [6, 6.07) is 5.66. The molecule has 0 spiro atoms. The summed E-state index contributed by atoms with van der Waals surface area (Å²) in [6.45, 7) is 0.597. The lowest BCUT2D eigenvalue weighted by molar-refractivity contribution is 0.773. The Bertz CT molecular complexity index is 760. The fourth-order valence-corrected chi connectivity index (χ4v) is 2.10. The number of aromatic amines is 2. The molecule has 0 atom stereocenters. The van der Waals surface area contributed by atoms with Crippen LogP contribution in [0.1, 0.15) is 5.69 Å². The average molecular weight is 255 g/mol. The van der Waals surface area contributed by atoms with Crippen LogP contribution in [-0.4, -0.2) is 27.2 Å². The van der Waals surface area contributed by atoms with E-state index in [-0.39, 0.29) is 5.56 Å². The molecule has 0 aliphatic rings. The molecule has 0 aliphatic carbocycles. The van der Waals surface area contributed by atoms with E-state index in [0.717, 1.165) is 22.3 Å². The summed E-state index contributed by atoms with van der Waals surface area (Å²) in [5.74, 6) is 0. The first kappa shape index (κ1) is 11.6. The van der Waals surface area contributed by atoms with Crippen molar-refractivity contribution in [3.63, 3.8) is 0 Å². The van der Waals surface area contributed by atoms with Crippen LogP contribution in [0.2, 0.25) is 0 Å². The van der Waals surface area contributed by atoms with Gasteiger partial charge in [-0.3, -0.25) is 4.79 Å². The molecule has 0 bridgehead atoms. The van der Waals surface area contributed by atoms with Crippen molar-refractivity contribution in [2.45, 2.75) is 6.54 Å². The van der Waals surface area contributed by atoms with Crippen LogP contribution in [0.4, 0.5) is 0 Å². The van der Waals surface area contributed by atoms with E-state index in [4.69, 9.17) is 0 Å². The van der Waals surface area contributed by atoms with Gasteiger partial charge in [-0.05, 0) is 19.2 Å². The van der Waals surface area contributed by atoms with Crippen molar-refractivity contribution in [3.05, 3.63) is 46.8 Å². The molecule has 0 amide bonds. The van der Waals surface area contributed by atoms with Gasteiger partial charge in [-0.25, -0.2) is 10.1 Å². The fourth-order valence-electron chi connectivity index (χ4n) is 2.10. The molecule has 0 unspecified atom stereocenters. The Labute approximate surface area is 108 Å². The monoisotopic (exact) mass is 255 g/mol. The minimum absolute atomic E-state index is 0.175. The second-order valence-electron chi connectivity index (χ2n) is 4.26. The van der Waals surface area contributed by atoms with Crippen LogP contribution in [0.25, 0.3) is 22.0 Å². The minimum Gasteiger partial charge on any atom is -0.345 e. The highest BCUT2D eigenvalue weighted by atomic mass is 16.1. The van der Waals surface area contributed by atoms with Gasteiger partial charge in [0.25, 0.3) is 5.56 Å². The second kappa shape index (κ2) is 4.66. The molecule has 0 aliphatic heterocycles. The average Bonchev–Trinajstić information content (AvgIpc) is 2.96. The number of imidazole rings is 1. The van der Waals surface area contributed by atoms with E-state index in [0.29, 0.717) is 11.9 Å². The molecule has 2 heterocycles. The molecule has 0 fully saturated rings. The van der Waals surface area contributed by atoms with E-state index >= 15 is 0 Å². The van der Waals surface area contributed by atoms with Gasteiger partial charge in [0, 0.05) is 17.5 Å². The number of aromatic nitrogens is 4. The first-order valence-electron chi connectivity index (χ1n) is 5.94. The zero-order valence-electron chi connectivity index (χ0n) is 10.4. The summed E-state index contributed by atoms with van der Waals surface area (Å²) in [5, 5.41) is 11.1. The summed E-state index contributed by atoms with van der Waals surface area (Å²) in [6.07, 6.45) is 3.38. The maximum atomic E-state index is 11.8. The SMILES string of the molecule is CNCc1n[nH]c(=O)c2ccc(-c3cnc[nH]3)cc12. The summed E-state index contributed by atoms with van der Waals surface area (Å²) in [4.78, 5) is 18.8. The van der Waals surface area contributed by atoms with E-state index in [1.54, 1.807) is 12.5 Å². The lowest BCUT2D eigenvalue weighted by atomic mass is 10.1. The van der Waals surface area contributed by atoms with Crippen LogP contribution in [0.3, 0.4) is 0 Å². The standard InChI is InChI=1S/C13H13N5O/c1-14-5-12-10-4-8(11-6-15-7-16-11)2-3-9(10)13(19)18-17-12/h2-4,6-7,14H,5H2,1H3,(H,15,16)(H,18,19). The van der Waals surface area contributed by atoms with E-state index in [9.17, 15) is 4.79 Å². The number of nitrogens with zero attached hydrogens (tertiary/aromatic N) is 2. The van der Waals surface area contributed by atoms with Gasteiger partial charge in [0.1, 0.15) is 0 Å². The molecule has 6 nitrogen and oxygen atoms in total. The Kier molecular flexibility index (Phi) is 2.85. The van der Waals surface area contributed by atoms with Gasteiger partial charge in [0.05, 0.1) is 29.3 Å². The highest BCUT2D eigenvalue weighted by molar-refractivity contribution is 5.87.